The average Bonchev–Trinajstić information content (AvgIpc) is 2.61. The standard InChI is InChI=1S/C17H19ClF3N3O3/c18-12-4-2-1-3-11(12)14-15(27-9-13(25)22-14)16(26)24-7-5-23(6-8-24)10-17(19,20)21/h1-4,14-15H,5-10H2,(H,22,25)/t14-,15+/m1/s1. The third-order valence-electron chi connectivity index (χ3n) is 4.58. The first-order chi connectivity index (χ1) is 12.7. The molecule has 148 valence electrons. The first-order valence-corrected chi connectivity index (χ1v) is 8.86. The van der Waals surface area contributed by atoms with Crippen LogP contribution in [-0.2, 0) is 14.3 Å². The molecule has 2 fully saturated rings. The molecule has 27 heavy (non-hydrogen) atoms. The van der Waals surface area contributed by atoms with Crippen LogP contribution < -0.4 is 5.32 Å². The maximum Gasteiger partial charge on any atom is 0.401 e. The number of alkyl halides is 3. The number of hydrogen-bond acceptors (Lipinski definition) is 4. The summed E-state index contributed by atoms with van der Waals surface area (Å²) in [5.74, 6) is -0.731. The Morgan fingerprint density at radius 1 is 1.22 bits per heavy atom. The predicted octanol–water partition coefficient (Wildman–Crippen LogP) is 1.60. The first kappa shape index (κ1) is 19.9. The minimum atomic E-state index is -4.27. The summed E-state index contributed by atoms with van der Waals surface area (Å²) in [5, 5.41) is 3.12. The SMILES string of the molecule is O=C1CO[C@H](C(=O)N2CCN(CC(F)(F)F)CC2)[C@@H](c2ccccc2Cl)N1. The molecule has 0 radical (unpaired) electrons. The number of benzene rings is 1. The van der Waals surface area contributed by atoms with Crippen molar-refractivity contribution in [3.8, 4) is 0 Å². The largest absolute Gasteiger partial charge is 0.401 e. The summed E-state index contributed by atoms with van der Waals surface area (Å²) in [5.41, 5.74) is 0.557. The zero-order valence-electron chi connectivity index (χ0n) is 14.3. The van der Waals surface area contributed by atoms with Crippen LogP contribution in [0.1, 0.15) is 11.6 Å². The number of piperazine rings is 1. The molecule has 2 aliphatic rings. The van der Waals surface area contributed by atoms with Gasteiger partial charge in [-0.2, -0.15) is 13.2 Å². The average molecular weight is 406 g/mol. The lowest BCUT2D eigenvalue weighted by atomic mass is 9.98. The summed E-state index contributed by atoms with van der Waals surface area (Å²) in [4.78, 5) is 27.4. The van der Waals surface area contributed by atoms with Crippen LogP contribution in [-0.4, -0.2) is 73.2 Å². The molecule has 0 aliphatic carbocycles. The fourth-order valence-corrected chi connectivity index (χ4v) is 3.55. The molecule has 0 unspecified atom stereocenters. The van der Waals surface area contributed by atoms with Crippen molar-refractivity contribution in [3.63, 3.8) is 0 Å². The van der Waals surface area contributed by atoms with Crippen LogP contribution in [0.15, 0.2) is 24.3 Å². The Morgan fingerprint density at radius 3 is 2.52 bits per heavy atom. The van der Waals surface area contributed by atoms with Gasteiger partial charge >= 0.3 is 6.18 Å². The first-order valence-electron chi connectivity index (χ1n) is 8.48. The Balaban J connectivity index is 1.69. The molecule has 6 nitrogen and oxygen atoms in total. The maximum atomic E-state index is 12.9. The van der Waals surface area contributed by atoms with Gasteiger partial charge in [0.15, 0.2) is 6.10 Å². The lowest BCUT2D eigenvalue weighted by molar-refractivity contribution is -0.160. The van der Waals surface area contributed by atoms with E-state index >= 15 is 0 Å². The van der Waals surface area contributed by atoms with Crippen LogP contribution in [0.4, 0.5) is 13.2 Å². The molecule has 1 aromatic carbocycles. The van der Waals surface area contributed by atoms with E-state index in [0.29, 0.717) is 10.6 Å². The Kier molecular flexibility index (Phi) is 5.92. The molecule has 0 aromatic heterocycles. The number of nitrogens with one attached hydrogen (secondary N) is 1. The molecule has 0 saturated carbocycles. The van der Waals surface area contributed by atoms with Gasteiger partial charge in [0.1, 0.15) is 6.61 Å². The number of hydrogen-bond donors (Lipinski definition) is 1. The van der Waals surface area contributed by atoms with Crippen molar-refractivity contribution in [1.82, 2.24) is 15.1 Å². The molecule has 10 heteroatoms. The number of rotatable bonds is 3. The van der Waals surface area contributed by atoms with Gasteiger partial charge in [-0.1, -0.05) is 29.8 Å². The van der Waals surface area contributed by atoms with Crippen molar-refractivity contribution in [3.05, 3.63) is 34.9 Å². The van der Waals surface area contributed by atoms with Gasteiger partial charge in [0.2, 0.25) is 5.91 Å². The van der Waals surface area contributed by atoms with Crippen molar-refractivity contribution < 1.29 is 27.5 Å². The Bertz CT molecular complexity index is 708. The van der Waals surface area contributed by atoms with Crippen LogP contribution >= 0.6 is 11.6 Å². The molecule has 3 rings (SSSR count). The van der Waals surface area contributed by atoms with Crippen LogP contribution in [0.2, 0.25) is 5.02 Å². The summed E-state index contributed by atoms with van der Waals surface area (Å²) in [6.45, 7) is -0.670. The highest BCUT2D eigenvalue weighted by Crippen LogP contribution is 2.29. The van der Waals surface area contributed by atoms with Gasteiger partial charge < -0.3 is 15.0 Å². The van der Waals surface area contributed by atoms with Gasteiger partial charge in [0.25, 0.3) is 5.91 Å². The van der Waals surface area contributed by atoms with E-state index in [9.17, 15) is 22.8 Å². The van der Waals surface area contributed by atoms with E-state index < -0.39 is 24.9 Å². The number of morpholine rings is 1. The Labute approximate surface area is 159 Å². The smallest absolute Gasteiger partial charge is 0.356 e. The van der Waals surface area contributed by atoms with Crippen molar-refractivity contribution in [2.75, 3.05) is 39.3 Å². The fourth-order valence-electron chi connectivity index (χ4n) is 3.29. The quantitative estimate of drug-likeness (QED) is 0.830. The van der Waals surface area contributed by atoms with Gasteiger partial charge in [-0.05, 0) is 11.6 Å². The predicted molar refractivity (Wildman–Crippen MR) is 91.2 cm³/mol. The van der Waals surface area contributed by atoms with E-state index in [1.165, 1.54) is 9.80 Å². The highest BCUT2D eigenvalue weighted by atomic mass is 35.5. The zero-order valence-corrected chi connectivity index (χ0v) is 15.1. The van der Waals surface area contributed by atoms with Gasteiger partial charge in [-0.15, -0.1) is 0 Å². The van der Waals surface area contributed by atoms with Gasteiger partial charge in [0, 0.05) is 31.2 Å². The number of nitrogens with zero attached hydrogens (tertiary/aromatic N) is 2. The molecule has 2 aliphatic heterocycles. The second-order valence-electron chi connectivity index (χ2n) is 6.51. The van der Waals surface area contributed by atoms with Crippen LogP contribution in [0.3, 0.4) is 0 Å². The van der Waals surface area contributed by atoms with E-state index in [1.807, 2.05) is 0 Å². The lowest BCUT2D eigenvalue weighted by Gasteiger charge is -2.39. The highest BCUT2D eigenvalue weighted by molar-refractivity contribution is 6.31. The number of carbonyl (C=O) groups excluding carboxylic acids is 2. The van der Waals surface area contributed by atoms with Crippen LogP contribution in [0, 0.1) is 0 Å². The summed E-state index contributed by atoms with van der Waals surface area (Å²) >= 11 is 6.20. The third kappa shape index (κ3) is 4.91. The highest BCUT2D eigenvalue weighted by Gasteiger charge is 2.40. The van der Waals surface area contributed by atoms with E-state index in [0.717, 1.165) is 0 Å². The molecule has 1 aromatic rings. The van der Waals surface area contributed by atoms with E-state index in [4.69, 9.17) is 16.3 Å². The number of halogens is 4. The molecule has 2 atom stereocenters. The second kappa shape index (κ2) is 8.04. The fraction of sp³-hybridized carbons (Fsp3) is 0.529. The van der Waals surface area contributed by atoms with Gasteiger partial charge in [-0.3, -0.25) is 14.5 Å². The number of amides is 2. The third-order valence-corrected chi connectivity index (χ3v) is 4.93. The lowest BCUT2D eigenvalue weighted by Crippen LogP contribution is -2.57. The van der Waals surface area contributed by atoms with Gasteiger partial charge in [-0.25, -0.2) is 0 Å². The minimum absolute atomic E-state index is 0.126. The summed E-state index contributed by atoms with van der Waals surface area (Å²) in [6, 6.07) is 6.06. The van der Waals surface area contributed by atoms with Crippen molar-refractivity contribution in [2.45, 2.75) is 18.3 Å². The van der Waals surface area contributed by atoms with Crippen LogP contribution in [0.5, 0.6) is 0 Å². The molecular formula is C17H19ClF3N3O3. The Hall–Kier alpha value is -1.84. The normalized spacial score (nSPS) is 24.6. The molecular weight excluding hydrogens is 387 g/mol. The summed E-state index contributed by atoms with van der Waals surface area (Å²) in [7, 11) is 0. The zero-order chi connectivity index (χ0) is 19.6. The molecule has 2 amide bonds. The monoisotopic (exact) mass is 405 g/mol. The number of ether oxygens (including phenoxy) is 1. The van der Waals surface area contributed by atoms with E-state index in [1.54, 1.807) is 24.3 Å². The van der Waals surface area contributed by atoms with E-state index in [2.05, 4.69) is 5.32 Å². The molecule has 2 saturated heterocycles. The molecule has 1 N–H and O–H groups in total. The van der Waals surface area contributed by atoms with E-state index in [-0.39, 0.29) is 44.6 Å². The molecule has 0 spiro atoms. The summed E-state index contributed by atoms with van der Waals surface area (Å²) < 4.78 is 43.0. The second-order valence-corrected chi connectivity index (χ2v) is 6.92. The molecule has 0 bridgehead atoms. The van der Waals surface area contributed by atoms with Gasteiger partial charge in [0.05, 0.1) is 12.6 Å². The van der Waals surface area contributed by atoms with Crippen molar-refractivity contribution in [1.29, 1.82) is 0 Å². The Morgan fingerprint density at radius 2 is 1.89 bits per heavy atom. The minimum Gasteiger partial charge on any atom is -0.356 e. The molecule has 2 heterocycles. The van der Waals surface area contributed by atoms with Crippen molar-refractivity contribution >= 4 is 23.4 Å². The maximum absolute atomic E-state index is 12.9. The van der Waals surface area contributed by atoms with Crippen LogP contribution in [0.25, 0.3) is 0 Å². The number of carbonyl (C=O) groups is 2. The summed E-state index contributed by atoms with van der Waals surface area (Å²) in [6.07, 6.45) is -5.24. The van der Waals surface area contributed by atoms with Crippen molar-refractivity contribution in [2.24, 2.45) is 0 Å². The topological polar surface area (TPSA) is 61.9 Å².